The van der Waals surface area contributed by atoms with Gasteiger partial charge in [0, 0.05) is 11.6 Å². The molecule has 1 amide bonds. The number of rotatable bonds is 2. The van der Waals surface area contributed by atoms with Crippen LogP contribution in [0.25, 0.3) is 0 Å². The molecule has 0 saturated heterocycles. The van der Waals surface area contributed by atoms with Gasteiger partial charge in [0.1, 0.15) is 0 Å². The van der Waals surface area contributed by atoms with Crippen molar-refractivity contribution in [2.45, 2.75) is 0 Å². The first-order valence-electron chi connectivity index (χ1n) is 4.81. The van der Waals surface area contributed by atoms with Crippen LogP contribution < -0.4 is 16.4 Å². The smallest absolute Gasteiger partial charge is 0.250 e. The number of nitrogens with zero attached hydrogens (tertiary/aromatic N) is 1. The zero-order valence-corrected chi connectivity index (χ0v) is 9.21. The lowest BCUT2D eigenvalue weighted by Crippen LogP contribution is -2.27. The van der Waals surface area contributed by atoms with E-state index in [0.717, 1.165) is 13.1 Å². The van der Waals surface area contributed by atoms with Crippen molar-refractivity contribution in [2.24, 2.45) is 10.7 Å². The zero-order chi connectivity index (χ0) is 11.5. The van der Waals surface area contributed by atoms with E-state index >= 15 is 0 Å². The molecule has 84 valence electrons. The highest BCUT2D eigenvalue weighted by molar-refractivity contribution is 6.31. The van der Waals surface area contributed by atoms with Crippen LogP contribution in [0.1, 0.15) is 10.4 Å². The molecule has 0 saturated carbocycles. The number of hydrogen-bond acceptors (Lipinski definition) is 4. The highest BCUT2D eigenvalue weighted by Gasteiger charge is 2.12. The zero-order valence-electron chi connectivity index (χ0n) is 8.46. The Morgan fingerprint density at radius 2 is 2.38 bits per heavy atom. The molecule has 0 spiro atoms. The third kappa shape index (κ3) is 2.25. The standard InChI is InChI=1S/C10H11ClN4O/c11-6-1-2-8(7(5-6)9(12)16)15-10-13-3-4-14-10/h1-2,5H,3-4H2,(H2,12,16)(H2,13,14,15). The molecule has 1 aliphatic heterocycles. The first-order chi connectivity index (χ1) is 7.66. The fraction of sp³-hybridized carbons (Fsp3) is 0.200. The van der Waals surface area contributed by atoms with E-state index in [1.807, 2.05) is 0 Å². The van der Waals surface area contributed by atoms with Crippen molar-refractivity contribution in [1.82, 2.24) is 5.32 Å². The van der Waals surface area contributed by atoms with Gasteiger partial charge in [-0.05, 0) is 18.2 Å². The average molecular weight is 239 g/mol. The van der Waals surface area contributed by atoms with Gasteiger partial charge in [-0.15, -0.1) is 0 Å². The number of nitrogens with two attached hydrogens (primary N) is 1. The predicted octanol–water partition coefficient (Wildman–Crippen LogP) is 0.810. The van der Waals surface area contributed by atoms with Gasteiger partial charge in [0.25, 0.3) is 5.91 Å². The lowest BCUT2D eigenvalue weighted by molar-refractivity contribution is 0.100. The number of anilines is 1. The van der Waals surface area contributed by atoms with Crippen LogP contribution in [0.15, 0.2) is 23.2 Å². The van der Waals surface area contributed by atoms with E-state index in [1.54, 1.807) is 12.1 Å². The maximum Gasteiger partial charge on any atom is 0.250 e. The summed E-state index contributed by atoms with van der Waals surface area (Å²) >= 11 is 5.80. The molecule has 1 aliphatic rings. The number of carbonyl (C=O) groups excluding carboxylic acids is 1. The van der Waals surface area contributed by atoms with Crippen molar-refractivity contribution in [3.63, 3.8) is 0 Å². The normalized spacial score (nSPS) is 14.2. The van der Waals surface area contributed by atoms with Crippen molar-refractivity contribution < 1.29 is 4.79 Å². The Kier molecular flexibility index (Phi) is 2.96. The lowest BCUT2D eigenvalue weighted by Gasteiger charge is -2.10. The molecule has 0 unspecified atom stereocenters. The maximum atomic E-state index is 11.2. The summed E-state index contributed by atoms with van der Waals surface area (Å²) in [6.07, 6.45) is 0. The maximum absolute atomic E-state index is 11.2. The van der Waals surface area contributed by atoms with E-state index in [0.29, 0.717) is 22.2 Å². The van der Waals surface area contributed by atoms with Crippen LogP contribution in [0, 0.1) is 0 Å². The van der Waals surface area contributed by atoms with Crippen LogP contribution in [0.3, 0.4) is 0 Å². The molecule has 1 aromatic carbocycles. The topological polar surface area (TPSA) is 79.5 Å². The summed E-state index contributed by atoms with van der Waals surface area (Å²) in [5.74, 6) is 0.119. The molecular weight excluding hydrogens is 228 g/mol. The number of amides is 1. The lowest BCUT2D eigenvalue weighted by atomic mass is 10.1. The molecule has 1 aromatic rings. The summed E-state index contributed by atoms with van der Waals surface area (Å²) in [4.78, 5) is 15.4. The van der Waals surface area contributed by atoms with Crippen molar-refractivity contribution >= 4 is 29.2 Å². The quantitative estimate of drug-likeness (QED) is 0.713. The number of carbonyl (C=O) groups is 1. The highest BCUT2D eigenvalue weighted by atomic mass is 35.5. The van der Waals surface area contributed by atoms with Crippen LogP contribution in [0.5, 0.6) is 0 Å². The Morgan fingerprint density at radius 1 is 1.56 bits per heavy atom. The molecule has 16 heavy (non-hydrogen) atoms. The Balaban J connectivity index is 2.28. The summed E-state index contributed by atoms with van der Waals surface area (Å²) in [5.41, 5.74) is 6.21. The van der Waals surface area contributed by atoms with E-state index in [4.69, 9.17) is 17.3 Å². The fourth-order valence-corrected chi connectivity index (χ4v) is 1.61. The number of aliphatic imine (C=N–C) groups is 1. The minimum atomic E-state index is -0.524. The first-order valence-corrected chi connectivity index (χ1v) is 5.19. The SMILES string of the molecule is NC(=O)c1cc(Cl)ccc1NC1=NCCN1. The molecule has 0 aromatic heterocycles. The van der Waals surface area contributed by atoms with Gasteiger partial charge in [-0.1, -0.05) is 11.6 Å². The van der Waals surface area contributed by atoms with Gasteiger partial charge in [-0.2, -0.15) is 0 Å². The molecule has 0 bridgehead atoms. The highest BCUT2D eigenvalue weighted by Crippen LogP contribution is 2.20. The largest absolute Gasteiger partial charge is 0.366 e. The monoisotopic (exact) mass is 238 g/mol. The second-order valence-electron chi connectivity index (χ2n) is 3.34. The van der Waals surface area contributed by atoms with Gasteiger partial charge in [0.05, 0.1) is 17.8 Å². The first kappa shape index (κ1) is 10.8. The molecule has 1 heterocycles. The fourth-order valence-electron chi connectivity index (χ4n) is 1.44. The van der Waals surface area contributed by atoms with Crippen molar-refractivity contribution in [1.29, 1.82) is 0 Å². The van der Waals surface area contributed by atoms with E-state index in [-0.39, 0.29) is 0 Å². The molecule has 2 rings (SSSR count). The van der Waals surface area contributed by atoms with Gasteiger partial charge in [-0.3, -0.25) is 9.79 Å². The molecular formula is C10H11ClN4O. The molecule has 4 N–H and O–H groups in total. The van der Waals surface area contributed by atoms with E-state index in [2.05, 4.69) is 15.6 Å². The van der Waals surface area contributed by atoms with Gasteiger partial charge >= 0.3 is 0 Å². The minimum Gasteiger partial charge on any atom is -0.366 e. The van der Waals surface area contributed by atoms with E-state index in [1.165, 1.54) is 6.07 Å². The van der Waals surface area contributed by atoms with Crippen LogP contribution in [-0.4, -0.2) is 25.0 Å². The number of nitrogens with one attached hydrogen (secondary N) is 2. The number of benzene rings is 1. The molecule has 0 atom stereocenters. The van der Waals surface area contributed by atoms with Crippen molar-refractivity contribution in [3.8, 4) is 0 Å². The number of primary amides is 1. The van der Waals surface area contributed by atoms with Crippen molar-refractivity contribution in [3.05, 3.63) is 28.8 Å². The third-order valence-corrected chi connectivity index (χ3v) is 2.41. The van der Waals surface area contributed by atoms with Gasteiger partial charge in [-0.25, -0.2) is 0 Å². The molecule has 0 radical (unpaired) electrons. The molecule has 5 nitrogen and oxygen atoms in total. The summed E-state index contributed by atoms with van der Waals surface area (Å²) in [5, 5.41) is 6.51. The Labute approximate surface area is 97.7 Å². The number of hydrogen-bond donors (Lipinski definition) is 3. The van der Waals surface area contributed by atoms with E-state index < -0.39 is 5.91 Å². The Morgan fingerprint density at radius 3 is 3.00 bits per heavy atom. The second-order valence-corrected chi connectivity index (χ2v) is 3.77. The Hall–Kier alpha value is -1.75. The van der Waals surface area contributed by atoms with Crippen molar-refractivity contribution in [2.75, 3.05) is 18.4 Å². The molecule has 6 heteroatoms. The van der Waals surface area contributed by atoms with Crippen LogP contribution in [0.4, 0.5) is 5.69 Å². The summed E-state index contributed by atoms with van der Waals surface area (Å²) in [6, 6.07) is 4.92. The van der Waals surface area contributed by atoms with Crippen LogP contribution in [-0.2, 0) is 0 Å². The Bertz CT molecular complexity index is 458. The van der Waals surface area contributed by atoms with Gasteiger partial charge in [0.15, 0.2) is 5.96 Å². The molecule has 0 aliphatic carbocycles. The second kappa shape index (κ2) is 4.40. The van der Waals surface area contributed by atoms with E-state index in [9.17, 15) is 4.79 Å². The number of guanidine groups is 1. The van der Waals surface area contributed by atoms with Crippen LogP contribution in [0.2, 0.25) is 5.02 Å². The van der Waals surface area contributed by atoms with Gasteiger partial charge < -0.3 is 16.4 Å². The predicted molar refractivity (Wildman–Crippen MR) is 63.9 cm³/mol. The summed E-state index contributed by atoms with van der Waals surface area (Å²) in [7, 11) is 0. The summed E-state index contributed by atoms with van der Waals surface area (Å²) in [6.45, 7) is 1.52. The van der Waals surface area contributed by atoms with Crippen LogP contribution >= 0.6 is 11.6 Å². The number of halogens is 1. The third-order valence-electron chi connectivity index (χ3n) is 2.17. The average Bonchev–Trinajstić information content (AvgIpc) is 2.73. The summed E-state index contributed by atoms with van der Waals surface area (Å²) < 4.78 is 0. The van der Waals surface area contributed by atoms with Gasteiger partial charge in [0.2, 0.25) is 0 Å². The minimum absolute atomic E-state index is 0.351. The molecule has 0 fully saturated rings.